The summed E-state index contributed by atoms with van der Waals surface area (Å²) < 4.78 is 20.3. The van der Waals surface area contributed by atoms with E-state index < -0.39 is 16.9 Å². The first kappa shape index (κ1) is 18.6. The van der Waals surface area contributed by atoms with Crippen LogP contribution < -0.4 is 0 Å². The highest BCUT2D eigenvalue weighted by Gasteiger charge is 2.54. The van der Waals surface area contributed by atoms with E-state index >= 15 is 0 Å². The molecule has 2 aliphatic carbocycles. The summed E-state index contributed by atoms with van der Waals surface area (Å²) in [5, 5.41) is 0. The highest BCUT2D eigenvalue weighted by atomic mass is 28.4. The van der Waals surface area contributed by atoms with Crippen molar-refractivity contribution in [1.29, 1.82) is 0 Å². The largest absolute Gasteiger partial charge is 0.501 e. The first-order valence-corrected chi connectivity index (χ1v) is 16.4. The van der Waals surface area contributed by atoms with Crippen LogP contribution in [0.3, 0.4) is 0 Å². The van der Waals surface area contributed by atoms with E-state index in [4.69, 9.17) is 13.3 Å². The van der Waals surface area contributed by atoms with Gasteiger partial charge >= 0.3 is 8.80 Å². The second-order valence-electron chi connectivity index (χ2n) is 9.85. The summed E-state index contributed by atoms with van der Waals surface area (Å²) in [6, 6.07) is 3.55. The fourth-order valence-electron chi connectivity index (χ4n) is 5.35. The molecule has 0 spiro atoms. The minimum atomic E-state index is -2.55. The van der Waals surface area contributed by atoms with Gasteiger partial charge in [-0.2, -0.15) is 0 Å². The summed E-state index contributed by atoms with van der Waals surface area (Å²) in [5.41, 5.74) is 0. The fraction of sp³-hybridized carbons (Fsp3) is 1.00. The monoisotopic (exact) mass is 383 g/mol. The lowest BCUT2D eigenvalue weighted by Crippen LogP contribution is -2.67. The normalized spacial score (nSPS) is 45.0. The van der Waals surface area contributed by atoms with Crippen LogP contribution in [0.2, 0.25) is 31.7 Å². The maximum absolute atomic E-state index is 6.87. The quantitative estimate of drug-likeness (QED) is 0.681. The average Bonchev–Trinajstić information content (AvgIpc) is 2.54. The van der Waals surface area contributed by atoms with E-state index in [9.17, 15) is 0 Å². The van der Waals surface area contributed by atoms with Crippen molar-refractivity contribution in [2.45, 2.75) is 107 Å². The molecule has 0 amide bonds. The number of nitrogens with zero attached hydrogens (tertiary/aromatic N) is 1. The number of rotatable bonds is 3. The Labute approximate surface area is 156 Å². The van der Waals surface area contributed by atoms with E-state index in [-0.39, 0.29) is 0 Å². The van der Waals surface area contributed by atoms with Crippen molar-refractivity contribution in [3.8, 4) is 0 Å². The molecule has 25 heavy (non-hydrogen) atoms. The number of hydrogen-bond acceptors (Lipinski definition) is 4. The van der Waals surface area contributed by atoms with Gasteiger partial charge in [-0.3, -0.25) is 4.90 Å². The summed E-state index contributed by atoms with van der Waals surface area (Å²) in [7, 11) is -3.68. The van der Waals surface area contributed by atoms with Gasteiger partial charge in [0.2, 0.25) is 0 Å². The SMILES string of the molecule is C[Si](C)(C)CC[Si]12OCCN(C3CCCCC3O1)C1CCCCC1O2. The van der Waals surface area contributed by atoms with Gasteiger partial charge in [-0.25, -0.2) is 0 Å². The van der Waals surface area contributed by atoms with Crippen molar-refractivity contribution in [3.05, 3.63) is 0 Å². The Balaban J connectivity index is 1.64. The van der Waals surface area contributed by atoms with E-state index in [0.717, 1.165) is 19.2 Å². The zero-order chi connectivity index (χ0) is 17.5. The van der Waals surface area contributed by atoms with Gasteiger partial charge in [-0.1, -0.05) is 51.4 Å². The molecule has 2 bridgehead atoms. The molecule has 2 saturated carbocycles. The molecule has 5 aliphatic rings. The first-order valence-electron chi connectivity index (χ1n) is 10.7. The van der Waals surface area contributed by atoms with Crippen LogP contribution in [-0.4, -0.2) is 59.2 Å². The average molecular weight is 384 g/mol. The molecule has 0 radical (unpaired) electrons. The standard InChI is InChI=1S/C19H37NO3Si2/c1-24(2,3)14-15-25-21-13-12-20(16-8-4-6-10-18(16)22-25)17-9-5-7-11-19(17)23-25/h16-19H,4-15H2,1-3H3. The molecule has 6 heteroatoms. The fourth-order valence-corrected chi connectivity index (χ4v) is 12.0. The molecule has 5 fully saturated rings. The summed E-state index contributed by atoms with van der Waals surface area (Å²) in [5.74, 6) is 0. The molecule has 3 aliphatic heterocycles. The van der Waals surface area contributed by atoms with Gasteiger partial charge in [0.1, 0.15) is 0 Å². The van der Waals surface area contributed by atoms with Crippen molar-refractivity contribution in [2.75, 3.05) is 13.2 Å². The van der Waals surface area contributed by atoms with Gasteiger partial charge < -0.3 is 13.3 Å². The van der Waals surface area contributed by atoms with E-state index in [2.05, 4.69) is 24.5 Å². The Hall–Kier alpha value is 0.274. The first-order chi connectivity index (χ1) is 12.0. The van der Waals surface area contributed by atoms with Crippen LogP contribution >= 0.6 is 0 Å². The molecule has 4 unspecified atom stereocenters. The molecule has 0 aromatic heterocycles. The zero-order valence-corrected chi connectivity index (χ0v) is 18.5. The third kappa shape index (κ3) is 4.09. The maximum Gasteiger partial charge on any atom is 0.501 e. The predicted octanol–water partition coefficient (Wildman–Crippen LogP) is 4.26. The lowest BCUT2D eigenvalue weighted by atomic mass is 9.86. The summed E-state index contributed by atoms with van der Waals surface area (Å²) in [6.45, 7) is 9.27. The molecule has 0 aromatic carbocycles. The molecule has 3 heterocycles. The van der Waals surface area contributed by atoms with Crippen LogP contribution in [-0.2, 0) is 13.3 Å². The molecule has 3 saturated heterocycles. The van der Waals surface area contributed by atoms with Crippen molar-refractivity contribution in [1.82, 2.24) is 4.90 Å². The van der Waals surface area contributed by atoms with Crippen molar-refractivity contribution < 1.29 is 13.3 Å². The van der Waals surface area contributed by atoms with Gasteiger partial charge in [-0.05, 0) is 25.7 Å². The van der Waals surface area contributed by atoms with Gasteiger partial charge in [-0.15, -0.1) is 0 Å². The van der Waals surface area contributed by atoms with Crippen LogP contribution in [0.15, 0.2) is 0 Å². The third-order valence-corrected chi connectivity index (χ3v) is 11.8. The Morgan fingerprint density at radius 3 is 2.00 bits per heavy atom. The van der Waals surface area contributed by atoms with Crippen molar-refractivity contribution in [3.63, 3.8) is 0 Å². The number of fused-ring (bicyclic) bond motifs is 2. The Kier molecular flexibility index (Phi) is 5.48. The van der Waals surface area contributed by atoms with E-state index in [1.807, 2.05) is 0 Å². The maximum atomic E-state index is 6.87. The molecular weight excluding hydrogens is 346 g/mol. The minimum absolute atomic E-state index is 0.352. The second kappa shape index (κ2) is 7.36. The van der Waals surface area contributed by atoms with Crippen LogP contribution in [0, 0.1) is 0 Å². The summed E-state index contributed by atoms with van der Waals surface area (Å²) in [6.07, 6.45) is 11.1. The lowest BCUT2D eigenvalue weighted by Gasteiger charge is -2.55. The third-order valence-electron chi connectivity index (χ3n) is 6.70. The van der Waals surface area contributed by atoms with Gasteiger partial charge in [0.15, 0.2) is 0 Å². The van der Waals surface area contributed by atoms with Crippen LogP contribution in [0.1, 0.15) is 51.4 Å². The van der Waals surface area contributed by atoms with E-state index in [0.29, 0.717) is 24.3 Å². The molecule has 0 aromatic rings. The van der Waals surface area contributed by atoms with Gasteiger partial charge in [0.25, 0.3) is 0 Å². The van der Waals surface area contributed by atoms with Gasteiger partial charge in [0, 0.05) is 32.7 Å². The molecule has 5 rings (SSSR count). The van der Waals surface area contributed by atoms with E-state index in [1.54, 1.807) is 0 Å². The summed E-state index contributed by atoms with van der Waals surface area (Å²) in [4.78, 5) is 2.75. The van der Waals surface area contributed by atoms with Crippen LogP contribution in [0.25, 0.3) is 0 Å². The Morgan fingerprint density at radius 1 is 0.880 bits per heavy atom. The van der Waals surface area contributed by atoms with Crippen LogP contribution in [0.5, 0.6) is 0 Å². The molecule has 4 nitrogen and oxygen atoms in total. The van der Waals surface area contributed by atoms with Crippen molar-refractivity contribution in [2.24, 2.45) is 0 Å². The highest BCUT2D eigenvalue weighted by molar-refractivity contribution is 6.77. The molecule has 0 N–H and O–H groups in total. The number of hydrogen-bond donors (Lipinski definition) is 0. The molecule has 144 valence electrons. The Bertz CT molecular complexity index is 444. The zero-order valence-electron chi connectivity index (χ0n) is 16.5. The van der Waals surface area contributed by atoms with Crippen LogP contribution in [0.4, 0.5) is 0 Å². The second-order valence-corrected chi connectivity index (χ2v) is 18.1. The summed E-state index contributed by atoms with van der Waals surface area (Å²) >= 11 is 0. The van der Waals surface area contributed by atoms with E-state index in [1.165, 1.54) is 57.4 Å². The molecular formula is C19H37NO3Si2. The lowest BCUT2D eigenvalue weighted by molar-refractivity contribution is -0.135. The van der Waals surface area contributed by atoms with Gasteiger partial charge in [0.05, 0.1) is 18.8 Å². The predicted molar refractivity (Wildman–Crippen MR) is 106 cm³/mol. The smallest absolute Gasteiger partial charge is 0.372 e. The minimum Gasteiger partial charge on any atom is -0.372 e. The Morgan fingerprint density at radius 2 is 1.44 bits per heavy atom. The topological polar surface area (TPSA) is 30.9 Å². The highest BCUT2D eigenvalue weighted by Crippen LogP contribution is 2.41. The van der Waals surface area contributed by atoms with Crippen molar-refractivity contribution >= 4 is 16.9 Å². The molecule has 4 atom stereocenters.